The Kier molecular flexibility index (Phi) is 5.52. The lowest BCUT2D eigenvalue weighted by atomic mass is 9.94. The Labute approximate surface area is 161 Å². The van der Waals surface area contributed by atoms with Gasteiger partial charge in [0.1, 0.15) is 16.4 Å². The predicted octanol–water partition coefficient (Wildman–Crippen LogP) is 2.69. The van der Waals surface area contributed by atoms with E-state index in [4.69, 9.17) is 0 Å². The van der Waals surface area contributed by atoms with Crippen LogP contribution in [0, 0.1) is 0 Å². The normalized spacial score (nSPS) is 20.2. The third-order valence-electron chi connectivity index (χ3n) is 5.31. The summed E-state index contributed by atoms with van der Waals surface area (Å²) < 4.78 is 0. The second kappa shape index (κ2) is 8.02. The average molecular weight is 390 g/mol. The number of hydrogen-bond donors (Lipinski definition) is 1. The molecule has 2 aromatic heterocycles. The van der Waals surface area contributed by atoms with Gasteiger partial charge in [0.25, 0.3) is 5.91 Å². The van der Waals surface area contributed by atoms with Gasteiger partial charge in [0.2, 0.25) is 0 Å². The lowest BCUT2D eigenvalue weighted by Gasteiger charge is -2.43. The molecular weight excluding hydrogens is 366 g/mol. The van der Waals surface area contributed by atoms with Crippen LogP contribution in [0.4, 0.5) is 0 Å². The van der Waals surface area contributed by atoms with Gasteiger partial charge in [-0.1, -0.05) is 12.8 Å². The van der Waals surface area contributed by atoms with Gasteiger partial charge in [-0.25, -0.2) is 4.98 Å². The number of thioether (sulfide) groups is 1. The molecule has 26 heavy (non-hydrogen) atoms. The van der Waals surface area contributed by atoms with Crippen LogP contribution in [0.15, 0.2) is 24.0 Å². The predicted molar refractivity (Wildman–Crippen MR) is 106 cm³/mol. The molecule has 2 fully saturated rings. The van der Waals surface area contributed by atoms with Crippen LogP contribution in [-0.4, -0.2) is 62.4 Å². The molecule has 0 radical (unpaired) electrons. The fraction of sp³-hybridized carbons (Fsp3) is 0.556. The molecule has 4 rings (SSSR count). The zero-order valence-electron chi connectivity index (χ0n) is 14.7. The minimum atomic E-state index is -0.0888. The molecule has 1 N–H and O–H groups in total. The molecule has 6 nitrogen and oxygen atoms in total. The molecule has 0 unspecified atom stereocenters. The molecule has 0 atom stereocenters. The van der Waals surface area contributed by atoms with Crippen molar-refractivity contribution in [3.05, 3.63) is 29.7 Å². The molecule has 1 aliphatic heterocycles. The van der Waals surface area contributed by atoms with Gasteiger partial charge in [0.15, 0.2) is 0 Å². The molecule has 1 aliphatic carbocycles. The fourth-order valence-corrected chi connectivity index (χ4v) is 5.58. The number of thiazole rings is 1. The maximum absolute atomic E-state index is 12.6. The van der Waals surface area contributed by atoms with Crippen LogP contribution < -0.4 is 5.32 Å². The molecule has 1 saturated heterocycles. The molecule has 0 aromatic carbocycles. The number of amides is 1. The smallest absolute Gasteiger partial charge is 0.270 e. The van der Waals surface area contributed by atoms with E-state index in [0.29, 0.717) is 17.9 Å². The van der Waals surface area contributed by atoms with Crippen molar-refractivity contribution in [1.29, 1.82) is 0 Å². The van der Waals surface area contributed by atoms with E-state index in [2.05, 4.69) is 25.2 Å². The maximum Gasteiger partial charge on any atom is 0.270 e. The molecule has 1 amide bonds. The van der Waals surface area contributed by atoms with Crippen molar-refractivity contribution in [2.24, 2.45) is 0 Å². The summed E-state index contributed by atoms with van der Waals surface area (Å²) in [4.78, 5) is 28.0. The summed E-state index contributed by atoms with van der Waals surface area (Å²) >= 11 is 3.46. The van der Waals surface area contributed by atoms with Gasteiger partial charge in [-0.15, -0.1) is 11.3 Å². The molecule has 138 valence electrons. The number of nitrogens with zero attached hydrogens (tertiary/aromatic N) is 4. The number of carbonyl (C=O) groups excluding carboxylic acids is 1. The quantitative estimate of drug-likeness (QED) is 0.848. The summed E-state index contributed by atoms with van der Waals surface area (Å²) in [5.74, 6) is 2.31. The Morgan fingerprint density at radius 1 is 1.23 bits per heavy atom. The van der Waals surface area contributed by atoms with Crippen molar-refractivity contribution in [3.8, 4) is 10.7 Å². The van der Waals surface area contributed by atoms with Gasteiger partial charge in [-0.2, -0.15) is 11.8 Å². The van der Waals surface area contributed by atoms with Crippen molar-refractivity contribution in [2.75, 3.05) is 31.1 Å². The average Bonchev–Trinajstić information content (AvgIpc) is 3.38. The van der Waals surface area contributed by atoms with Crippen LogP contribution in [-0.2, 0) is 0 Å². The van der Waals surface area contributed by atoms with Gasteiger partial charge >= 0.3 is 0 Å². The second-order valence-corrected chi connectivity index (χ2v) is 8.92. The van der Waals surface area contributed by atoms with Crippen molar-refractivity contribution >= 4 is 29.0 Å². The van der Waals surface area contributed by atoms with Crippen LogP contribution in [0.2, 0.25) is 0 Å². The van der Waals surface area contributed by atoms with Crippen LogP contribution in [0.25, 0.3) is 10.7 Å². The summed E-state index contributed by atoms with van der Waals surface area (Å²) in [6.45, 7) is 2.98. The largest absolute Gasteiger partial charge is 0.349 e. The monoisotopic (exact) mass is 389 g/mol. The van der Waals surface area contributed by atoms with Crippen LogP contribution in [0.3, 0.4) is 0 Å². The molecule has 1 saturated carbocycles. The molecular formula is C18H23N5OS2. The highest BCUT2D eigenvalue weighted by Gasteiger charge is 2.40. The van der Waals surface area contributed by atoms with E-state index in [-0.39, 0.29) is 11.4 Å². The zero-order valence-corrected chi connectivity index (χ0v) is 16.3. The zero-order chi connectivity index (χ0) is 17.8. The summed E-state index contributed by atoms with van der Waals surface area (Å²) in [5, 5.41) is 5.70. The number of rotatable bonds is 5. The molecule has 3 heterocycles. The number of nitrogens with one attached hydrogen (secondary N) is 1. The standard InChI is InChI=1S/C18H23N5OS2/c24-16(15-12-26-17(22-15)14-11-19-5-6-20-14)21-13-18(3-1-2-4-18)23-7-9-25-10-8-23/h5-6,11-12H,1-4,7-10,13H2,(H,21,24). The minimum Gasteiger partial charge on any atom is -0.349 e. The van der Waals surface area contributed by atoms with Gasteiger partial charge in [0, 0.05) is 54.5 Å². The Morgan fingerprint density at radius 2 is 2.04 bits per heavy atom. The van der Waals surface area contributed by atoms with Gasteiger partial charge in [-0.05, 0) is 12.8 Å². The molecule has 8 heteroatoms. The van der Waals surface area contributed by atoms with Gasteiger partial charge in [-0.3, -0.25) is 19.7 Å². The maximum atomic E-state index is 12.6. The number of aromatic nitrogens is 3. The first-order chi connectivity index (χ1) is 12.8. The van der Waals surface area contributed by atoms with Crippen molar-refractivity contribution < 1.29 is 4.79 Å². The fourth-order valence-electron chi connectivity index (χ4n) is 3.92. The Hall–Kier alpha value is -1.51. The van der Waals surface area contributed by atoms with Crippen LogP contribution >= 0.6 is 23.1 Å². The highest BCUT2D eigenvalue weighted by Crippen LogP contribution is 2.36. The van der Waals surface area contributed by atoms with E-state index in [9.17, 15) is 4.79 Å². The van der Waals surface area contributed by atoms with Crippen LogP contribution in [0.5, 0.6) is 0 Å². The molecule has 0 spiro atoms. The van der Waals surface area contributed by atoms with Crippen LogP contribution in [0.1, 0.15) is 36.2 Å². The summed E-state index contributed by atoms with van der Waals surface area (Å²) in [6.07, 6.45) is 9.81. The Morgan fingerprint density at radius 3 is 2.77 bits per heavy atom. The topological polar surface area (TPSA) is 71.0 Å². The van der Waals surface area contributed by atoms with Crippen molar-refractivity contribution in [2.45, 2.75) is 31.2 Å². The number of hydrogen-bond acceptors (Lipinski definition) is 7. The minimum absolute atomic E-state index is 0.0888. The molecule has 0 bridgehead atoms. The molecule has 2 aromatic rings. The third-order valence-corrected chi connectivity index (χ3v) is 7.12. The highest BCUT2D eigenvalue weighted by atomic mass is 32.2. The lowest BCUT2D eigenvalue weighted by molar-refractivity contribution is 0.0814. The summed E-state index contributed by atoms with van der Waals surface area (Å²) in [6, 6.07) is 0. The number of carbonyl (C=O) groups is 1. The second-order valence-electron chi connectivity index (χ2n) is 6.84. The van der Waals surface area contributed by atoms with Gasteiger partial charge in [0.05, 0.1) is 6.20 Å². The van der Waals surface area contributed by atoms with Gasteiger partial charge < -0.3 is 5.32 Å². The Balaban J connectivity index is 1.42. The first-order valence-electron chi connectivity index (χ1n) is 9.10. The van der Waals surface area contributed by atoms with E-state index in [0.717, 1.165) is 18.1 Å². The summed E-state index contributed by atoms with van der Waals surface area (Å²) in [7, 11) is 0. The first-order valence-corrected chi connectivity index (χ1v) is 11.1. The highest BCUT2D eigenvalue weighted by molar-refractivity contribution is 7.99. The van der Waals surface area contributed by atoms with E-state index in [1.54, 1.807) is 24.0 Å². The van der Waals surface area contributed by atoms with Crippen molar-refractivity contribution in [1.82, 2.24) is 25.2 Å². The van der Waals surface area contributed by atoms with Crippen molar-refractivity contribution in [3.63, 3.8) is 0 Å². The van der Waals surface area contributed by atoms with E-state index < -0.39 is 0 Å². The third kappa shape index (κ3) is 3.77. The summed E-state index contributed by atoms with van der Waals surface area (Å²) in [5.41, 5.74) is 1.31. The van der Waals surface area contributed by atoms with E-state index >= 15 is 0 Å². The van der Waals surface area contributed by atoms with E-state index in [1.165, 1.54) is 48.5 Å². The SMILES string of the molecule is O=C(NCC1(N2CCSCC2)CCCC1)c1csc(-c2cnccn2)n1. The van der Waals surface area contributed by atoms with E-state index in [1.807, 2.05) is 11.8 Å². The Bertz CT molecular complexity index is 739. The lowest BCUT2D eigenvalue weighted by Crippen LogP contribution is -2.56. The first kappa shape index (κ1) is 17.9. The molecule has 2 aliphatic rings.